The van der Waals surface area contributed by atoms with Crippen LogP contribution >= 0.6 is 0 Å². The van der Waals surface area contributed by atoms with Crippen LogP contribution in [-0.2, 0) is 4.74 Å². The van der Waals surface area contributed by atoms with E-state index in [0.29, 0.717) is 0 Å². The summed E-state index contributed by atoms with van der Waals surface area (Å²) in [7, 11) is 0. The number of nitrogens with two attached hydrogens (primary N) is 1. The maximum absolute atomic E-state index is 10.4. The summed E-state index contributed by atoms with van der Waals surface area (Å²) in [5.74, 6) is 0. The lowest BCUT2D eigenvalue weighted by Crippen LogP contribution is -2.15. The second kappa shape index (κ2) is 3.76. The minimum Gasteiger partial charge on any atom is -0.442 e. The Morgan fingerprint density at radius 3 is 2.50 bits per heavy atom. The Morgan fingerprint density at radius 1 is 1.42 bits per heavy atom. The van der Waals surface area contributed by atoms with Crippen molar-refractivity contribution in [1.29, 1.82) is 0 Å². The number of benzene rings is 1. The fourth-order valence-electron chi connectivity index (χ4n) is 0.966. The van der Waals surface area contributed by atoms with Gasteiger partial charge in [-0.05, 0) is 12.5 Å². The van der Waals surface area contributed by atoms with Crippen LogP contribution in [0.5, 0.6) is 0 Å². The van der Waals surface area contributed by atoms with Gasteiger partial charge >= 0.3 is 6.09 Å². The predicted molar refractivity (Wildman–Crippen MR) is 45.5 cm³/mol. The molecule has 0 saturated heterocycles. The molecule has 64 valence electrons. The molecule has 12 heavy (non-hydrogen) atoms. The average molecular weight is 165 g/mol. The lowest BCUT2D eigenvalue weighted by atomic mass is 10.1. The van der Waals surface area contributed by atoms with Gasteiger partial charge in [-0.2, -0.15) is 0 Å². The van der Waals surface area contributed by atoms with Crippen LogP contribution in [0.15, 0.2) is 30.3 Å². The van der Waals surface area contributed by atoms with Gasteiger partial charge in [-0.25, -0.2) is 4.79 Å². The first-order valence-electron chi connectivity index (χ1n) is 3.71. The maximum Gasteiger partial charge on any atom is 0.405 e. The first kappa shape index (κ1) is 8.59. The van der Waals surface area contributed by atoms with E-state index in [1.807, 2.05) is 30.3 Å². The van der Waals surface area contributed by atoms with Gasteiger partial charge in [-0.1, -0.05) is 30.3 Å². The van der Waals surface area contributed by atoms with E-state index in [-0.39, 0.29) is 6.10 Å². The monoisotopic (exact) mass is 165 g/mol. The molecule has 0 unspecified atom stereocenters. The molecular formula is C9H11NO2. The molecule has 0 aliphatic heterocycles. The standard InChI is InChI=1S/C9H11NO2/c1-7(12-9(10)11)8-5-3-2-4-6-8/h2-7H,1H3,(H2,10,11)/t7-/m0/s1. The van der Waals surface area contributed by atoms with Gasteiger partial charge in [0, 0.05) is 0 Å². The Bertz CT molecular complexity index is 258. The molecule has 0 saturated carbocycles. The fraction of sp³-hybridized carbons (Fsp3) is 0.222. The van der Waals surface area contributed by atoms with Crippen molar-refractivity contribution in [1.82, 2.24) is 0 Å². The van der Waals surface area contributed by atoms with Crippen molar-refractivity contribution in [3.63, 3.8) is 0 Å². The molecule has 1 aromatic carbocycles. The van der Waals surface area contributed by atoms with Crippen LogP contribution in [0.4, 0.5) is 4.79 Å². The zero-order valence-corrected chi connectivity index (χ0v) is 6.86. The van der Waals surface area contributed by atoms with Crippen molar-refractivity contribution in [2.45, 2.75) is 13.0 Å². The Balaban J connectivity index is 2.65. The second-order valence-corrected chi connectivity index (χ2v) is 2.49. The third kappa shape index (κ3) is 2.27. The van der Waals surface area contributed by atoms with Crippen LogP contribution in [0.2, 0.25) is 0 Å². The largest absolute Gasteiger partial charge is 0.442 e. The summed E-state index contributed by atoms with van der Waals surface area (Å²) in [4.78, 5) is 10.4. The van der Waals surface area contributed by atoms with Crippen molar-refractivity contribution in [3.05, 3.63) is 35.9 Å². The van der Waals surface area contributed by atoms with Crippen molar-refractivity contribution < 1.29 is 9.53 Å². The van der Waals surface area contributed by atoms with Crippen molar-refractivity contribution in [2.24, 2.45) is 5.73 Å². The van der Waals surface area contributed by atoms with Crippen molar-refractivity contribution >= 4 is 6.09 Å². The smallest absolute Gasteiger partial charge is 0.405 e. The van der Waals surface area contributed by atoms with Gasteiger partial charge in [-0.15, -0.1) is 0 Å². The highest BCUT2D eigenvalue weighted by atomic mass is 16.6. The van der Waals surface area contributed by atoms with E-state index in [4.69, 9.17) is 10.5 Å². The molecule has 3 nitrogen and oxygen atoms in total. The number of hydrogen-bond donors (Lipinski definition) is 1. The lowest BCUT2D eigenvalue weighted by molar-refractivity contribution is 0.116. The Hall–Kier alpha value is -1.51. The molecule has 0 heterocycles. The number of carbonyl (C=O) groups is 1. The molecule has 0 spiro atoms. The highest BCUT2D eigenvalue weighted by molar-refractivity contribution is 5.64. The van der Waals surface area contributed by atoms with Crippen molar-refractivity contribution in [2.75, 3.05) is 0 Å². The van der Waals surface area contributed by atoms with Crippen LogP contribution in [0.25, 0.3) is 0 Å². The highest BCUT2D eigenvalue weighted by Gasteiger charge is 2.06. The first-order valence-corrected chi connectivity index (χ1v) is 3.71. The summed E-state index contributed by atoms with van der Waals surface area (Å²) in [5, 5.41) is 0. The average Bonchev–Trinajstić information content (AvgIpc) is 2.05. The SMILES string of the molecule is C[C@H](OC(N)=O)c1ccccc1. The van der Waals surface area contributed by atoms with E-state index in [1.165, 1.54) is 0 Å². The van der Waals surface area contributed by atoms with Crippen LogP contribution in [-0.4, -0.2) is 6.09 Å². The quantitative estimate of drug-likeness (QED) is 0.726. The van der Waals surface area contributed by atoms with Gasteiger partial charge in [0.1, 0.15) is 6.10 Å². The zero-order valence-electron chi connectivity index (χ0n) is 6.86. The molecule has 1 aromatic rings. The molecule has 0 fully saturated rings. The zero-order chi connectivity index (χ0) is 8.97. The molecule has 3 heteroatoms. The summed E-state index contributed by atoms with van der Waals surface area (Å²) in [6.07, 6.45) is -1.02. The van der Waals surface area contributed by atoms with Gasteiger partial charge in [0.15, 0.2) is 0 Å². The number of rotatable bonds is 2. The van der Waals surface area contributed by atoms with E-state index in [2.05, 4.69) is 0 Å². The summed E-state index contributed by atoms with van der Waals surface area (Å²) in [6.45, 7) is 1.78. The van der Waals surface area contributed by atoms with Gasteiger partial charge in [-0.3, -0.25) is 0 Å². The Morgan fingerprint density at radius 2 is 2.00 bits per heavy atom. The Kier molecular flexibility index (Phi) is 2.69. The van der Waals surface area contributed by atoms with Gasteiger partial charge in [0.2, 0.25) is 0 Å². The summed E-state index contributed by atoms with van der Waals surface area (Å²) < 4.78 is 4.78. The van der Waals surface area contributed by atoms with E-state index in [9.17, 15) is 4.79 Å². The molecule has 2 N–H and O–H groups in total. The molecule has 0 aliphatic carbocycles. The Labute approximate surface area is 71.1 Å². The lowest BCUT2D eigenvalue weighted by Gasteiger charge is -2.10. The summed E-state index contributed by atoms with van der Waals surface area (Å²) in [6, 6.07) is 9.44. The topological polar surface area (TPSA) is 52.3 Å². The number of primary amides is 1. The summed E-state index contributed by atoms with van der Waals surface area (Å²) in [5.41, 5.74) is 5.81. The van der Waals surface area contributed by atoms with E-state index < -0.39 is 6.09 Å². The van der Waals surface area contributed by atoms with Gasteiger partial charge in [0.05, 0.1) is 0 Å². The molecular weight excluding hydrogens is 154 g/mol. The summed E-state index contributed by atoms with van der Waals surface area (Å²) >= 11 is 0. The molecule has 1 atom stereocenters. The highest BCUT2D eigenvalue weighted by Crippen LogP contribution is 2.14. The maximum atomic E-state index is 10.4. The van der Waals surface area contributed by atoms with Gasteiger partial charge in [0.25, 0.3) is 0 Å². The first-order chi connectivity index (χ1) is 5.70. The van der Waals surface area contributed by atoms with Crippen LogP contribution in [0.3, 0.4) is 0 Å². The number of carbonyl (C=O) groups excluding carboxylic acids is 1. The van der Waals surface area contributed by atoms with Crippen LogP contribution in [0, 0.1) is 0 Å². The second-order valence-electron chi connectivity index (χ2n) is 2.49. The number of ether oxygens (including phenoxy) is 1. The predicted octanol–water partition coefficient (Wildman–Crippen LogP) is 1.84. The molecule has 0 aliphatic rings. The molecule has 0 aromatic heterocycles. The van der Waals surface area contributed by atoms with Crippen LogP contribution < -0.4 is 5.73 Å². The fourth-order valence-corrected chi connectivity index (χ4v) is 0.966. The third-order valence-electron chi connectivity index (χ3n) is 1.56. The van der Waals surface area contributed by atoms with E-state index >= 15 is 0 Å². The van der Waals surface area contributed by atoms with Gasteiger partial charge < -0.3 is 10.5 Å². The van der Waals surface area contributed by atoms with Crippen molar-refractivity contribution in [3.8, 4) is 0 Å². The van der Waals surface area contributed by atoms with E-state index in [0.717, 1.165) is 5.56 Å². The molecule has 0 radical (unpaired) electrons. The third-order valence-corrected chi connectivity index (χ3v) is 1.56. The molecule has 0 bridgehead atoms. The molecule has 1 amide bonds. The van der Waals surface area contributed by atoms with E-state index in [1.54, 1.807) is 6.92 Å². The number of hydrogen-bond acceptors (Lipinski definition) is 2. The number of amides is 1. The minimum absolute atomic E-state index is 0.274. The normalized spacial score (nSPS) is 12.1. The van der Waals surface area contributed by atoms with Crippen LogP contribution in [0.1, 0.15) is 18.6 Å². The molecule has 1 rings (SSSR count). The minimum atomic E-state index is -0.744.